The van der Waals surface area contributed by atoms with Crippen LogP contribution in [0.4, 0.5) is 26.3 Å². The van der Waals surface area contributed by atoms with Crippen molar-refractivity contribution in [2.45, 2.75) is 36.2 Å². The number of hydrogen-bond acceptors (Lipinski definition) is 4. The third-order valence-electron chi connectivity index (χ3n) is 3.85. The van der Waals surface area contributed by atoms with E-state index in [4.69, 9.17) is 0 Å². The van der Waals surface area contributed by atoms with Gasteiger partial charge >= 0.3 is 18.0 Å². The van der Waals surface area contributed by atoms with Crippen LogP contribution in [0, 0.1) is 0 Å². The number of aromatic nitrogens is 2. The number of imidazole rings is 1. The summed E-state index contributed by atoms with van der Waals surface area (Å²) in [6, 6.07) is 4.74. The zero-order valence-corrected chi connectivity index (χ0v) is 14.7. The fourth-order valence-corrected chi connectivity index (χ4v) is 3.00. The summed E-state index contributed by atoms with van der Waals surface area (Å²) in [4.78, 5) is 5.15. The second kappa shape index (κ2) is 6.51. The van der Waals surface area contributed by atoms with Crippen molar-refractivity contribution in [3.63, 3.8) is 0 Å². The molecule has 12 heteroatoms. The standard InChI is InChI=1S/C15H14F6N2O3S/c1-3-10-11(8-4-6-9(7-5-8)27(2,25)26)23-12(22-10)13(24,14(16,17)18)15(19,20)21/h4-7,24H,3H2,1-2H3,(H,22,23). The van der Waals surface area contributed by atoms with Gasteiger partial charge in [-0.05, 0) is 24.1 Å². The molecule has 0 aliphatic heterocycles. The van der Waals surface area contributed by atoms with Crippen molar-refractivity contribution in [1.29, 1.82) is 0 Å². The maximum absolute atomic E-state index is 13.0. The molecule has 0 atom stereocenters. The van der Waals surface area contributed by atoms with Gasteiger partial charge < -0.3 is 10.1 Å². The van der Waals surface area contributed by atoms with E-state index in [1.807, 2.05) is 4.98 Å². The van der Waals surface area contributed by atoms with Crippen LogP contribution in [-0.4, -0.2) is 42.1 Å². The first-order valence-corrected chi connectivity index (χ1v) is 9.27. The van der Waals surface area contributed by atoms with Crippen LogP contribution in [0.2, 0.25) is 0 Å². The zero-order chi connectivity index (χ0) is 20.8. The molecule has 1 aromatic heterocycles. The zero-order valence-electron chi connectivity index (χ0n) is 13.9. The summed E-state index contributed by atoms with van der Waals surface area (Å²) in [6.07, 6.45) is -11.2. The first-order valence-electron chi connectivity index (χ1n) is 7.38. The number of nitrogens with zero attached hydrogens (tertiary/aromatic N) is 1. The van der Waals surface area contributed by atoms with Crippen LogP contribution in [-0.2, 0) is 21.9 Å². The molecule has 2 rings (SSSR count). The molecule has 0 saturated carbocycles. The highest BCUT2D eigenvalue weighted by Gasteiger charge is 2.73. The maximum Gasteiger partial charge on any atom is 0.433 e. The lowest BCUT2D eigenvalue weighted by molar-refractivity contribution is -0.378. The molecular weight excluding hydrogens is 402 g/mol. The molecule has 1 heterocycles. The van der Waals surface area contributed by atoms with Crippen LogP contribution in [0.15, 0.2) is 29.2 Å². The van der Waals surface area contributed by atoms with Gasteiger partial charge in [0.25, 0.3) is 0 Å². The Morgan fingerprint density at radius 2 is 1.52 bits per heavy atom. The quantitative estimate of drug-likeness (QED) is 0.749. The van der Waals surface area contributed by atoms with Gasteiger partial charge in [-0.2, -0.15) is 26.3 Å². The molecule has 0 saturated heterocycles. The molecule has 1 aromatic carbocycles. The van der Waals surface area contributed by atoms with Crippen LogP contribution < -0.4 is 0 Å². The molecule has 0 radical (unpaired) electrons. The minimum absolute atomic E-state index is 0.0363. The van der Waals surface area contributed by atoms with Crippen LogP contribution in [0.25, 0.3) is 11.3 Å². The van der Waals surface area contributed by atoms with E-state index in [2.05, 4.69) is 4.98 Å². The van der Waals surface area contributed by atoms with E-state index in [1.165, 1.54) is 19.1 Å². The lowest BCUT2D eigenvalue weighted by Crippen LogP contribution is -2.54. The Bertz CT molecular complexity index is 916. The molecule has 0 aliphatic carbocycles. The predicted octanol–water partition coefficient (Wildman–Crippen LogP) is 3.35. The third kappa shape index (κ3) is 3.68. The number of halogens is 6. The first-order chi connectivity index (χ1) is 12.1. The molecule has 0 aliphatic rings. The van der Waals surface area contributed by atoms with Gasteiger partial charge in [-0.1, -0.05) is 19.1 Å². The van der Waals surface area contributed by atoms with Gasteiger partial charge in [0.2, 0.25) is 0 Å². The number of nitrogens with one attached hydrogen (secondary N) is 1. The normalized spacial score (nSPS) is 13.8. The largest absolute Gasteiger partial charge is 0.433 e. The summed E-state index contributed by atoms with van der Waals surface area (Å²) < 4.78 is 101. The molecule has 0 unspecified atom stereocenters. The Morgan fingerprint density at radius 1 is 1.04 bits per heavy atom. The summed E-state index contributed by atoms with van der Waals surface area (Å²) >= 11 is 0. The molecule has 5 nitrogen and oxygen atoms in total. The van der Waals surface area contributed by atoms with Crippen molar-refractivity contribution in [3.8, 4) is 11.3 Å². The van der Waals surface area contributed by atoms with E-state index < -0.39 is 33.6 Å². The molecule has 0 spiro atoms. The monoisotopic (exact) mass is 416 g/mol. The Morgan fingerprint density at radius 3 is 1.89 bits per heavy atom. The summed E-state index contributed by atoms with van der Waals surface area (Å²) in [7, 11) is -3.54. The average Bonchev–Trinajstić information content (AvgIpc) is 2.95. The lowest BCUT2D eigenvalue weighted by atomic mass is 10.0. The van der Waals surface area contributed by atoms with Crippen molar-refractivity contribution in [2.24, 2.45) is 0 Å². The Kier molecular flexibility index (Phi) is 5.12. The summed E-state index contributed by atoms with van der Waals surface area (Å²) in [5, 5.41) is 9.46. The van der Waals surface area contributed by atoms with Gasteiger partial charge in [0.05, 0.1) is 16.3 Å². The van der Waals surface area contributed by atoms with Crippen LogP contribution in [0.1, 0.15) is 18.4 Å². The highest BCUT2D eigenvalue weighted by Crippen LogP contribution is 2.49. The van der Waals surface area contributed by atoms with Crippen molar-refractivity contribution >= 4 is 9.84 Å². The average molecular weight is 416 g/mol. The number of rotatable bonds is 4. The van der Waals surface area contributed by atoms with Crippen molar-refractivity contribution < 1.29 is 39.9 Å². The van der Waals surface area contributed by atoms with Crippen LogP contribution in [0.5, 0.6) is 0 Å². The highest BCUT2D eigenvalue weighted by molar-refractivity contribution is 7.90. The van der Waals surface area contributed by atoms with Gasteiger partial charge in [-0.25, -0.2) is 13.4 Å². The molecule has 27 heavy (non-hydrogen) atoms. The molecule has 0 fully saturated rings. The topological polar surface area (TPSA) is 83.1 Å². The van der Waals surface area contributed by atoms with Gasteiger partial charge in [0.1, 0.15) is 0 Å². The van der Waals surface area contributed by atoms with E-state index >= 15 is 0 Å². The van der Waals surface area contributed by atoms with Crippen LogP contribution >= 0.6 is 0 Å². The molecule has 0 amide bonds. The van der Waals surface area contributed by atoms with Crippen LogP contribution in [0.3, 0.4) is 0 Å². The van der Waals surface area contributed by atoms with Gasteiger partial charge in [0, 0.05) is 6.26 Å². The predicted molar refractivity (Wildman–Crippen MR) is 82.5 cm³/mol. The Balaban J connectivity index is 2.64. The fourth-order valence-electron chi connectivity index (χ4n) is 2.37. The summed E-state index contributed by atoms with van der Waals surface area (Å²) in [5.41, 5.74) is -5.39. The van der Waals surface area contributed by atoms with E-state index in [0.717, 1.165) is 18.4 Å². The van der Waals surface area contributed by atoms with Crippen molar-refractivity contribution in [3.05, 3.63) is 35.8 Å². The minimum Gasteiger partial charge on any atom is -0.367 e. The smallest absolute Gasteiger partial charge is 0.367 e. The van der Waals surface area contributed by atoms with Gasteiger partial charge in [-0.3, -0.25) is 0 Å². The third-order valence-corrected chi connectivity index (χ3v) is 4.98. The second-order valence-electron chi connectivity index (χ2n) is 5.76. The number of benzene rings is 1. The number of aliphatic hydroxyl groups is 1. The minimum atomic E-state index is -6.06. The van der Waals surface area contributed by atoms with Crippen molar-refractivity contribution in [2.75, 3.05) is 6.26 Å². The number of aryl methyl sites for hydroxylation is 1. The lowest BCUT2D eigenvalue weighted by Gasteiger charge is -2.30. The molecule has 2 N–H and O–H groups in total. The van der Waals surface area contributed by atoms with Gasteiger partial charge in [-0.15, -0.1) is 0 Å². The Hall–Kier alpha value is -2.08. The molecular formula is C15H14F6N2O3S. The van der Waals surface area contributed by atoms with E-state index in [-0.39, 0.29) is 28.3 Å². The molecule has 2 aromatic rings. The van der Waals surface area contributed by atoms with Gasteiger partial charge in [0.15, 0.2) is 15.7 Å². The number of H-pyrrole nitrogens is 1. The van der Waals surface area contributed by atoms with E-state index in [0.29, 0.717) is 0 Å². The first kappa shape index (κ1) is 21.2. The number of aromatic amines is 1. The second-order valence-corrected chi connectivity index (χ2v) is 7.78. The SMILES string of the molecule is CCc1nc(C(O)(C(F)(F)F)C(F)(F)F)[nH]c1-c1ccc(S(C)(=O)=O)cc1. The van der Waals surface area contributed by atoms with E-state index in [9.17, 15) is 39.9 Å². The fraction of sp³-hybridized carbons (Fsp3) is 0.400. The summed E-state index contributed by atoms with van der Waals surface area (Å²) in [6.45, 7) is 1.45. The number of alkyl halides is 6. The van der Waals surface area contributed by atoms with Crippen molar-refractivity contribution in [1.82, 2.24) is 9.97 Å². The number of hydrogen-bond donors (Lipinski definition) is 2. The Labute approximate surface area is 150 Å². The van der Waals surface area contributed by atoms with E-state index in [1.54, 1.807) is 0 Å². The molecule has 150 valence electrons. The maximum atomic E-state index is 13.0. The highest BCUT2D eigenvalue weighted by atomic mass is 32.2. The summed E-state index contributed by atoms with van der Waals surface area (Å²) in [5.74, 6) is -1.71. The molecule has 0 bridgehead atoms. The number of sulfone groups is 1.